The third-order valence-corrected chi connectivity index (χ3v) is 2.05. The third kappa shape index (κ3) is 3.06. The Balaban J connectivity index is 2.87. The second-order valence-electron chi connectivity index (χ2n) is 2.67. The average Bonchev–Trinajstić information content (AvgIpc) is 2.03. The molecule has 1 N–H and O–H groups in total. The number of hydrogen-bond acceptors (Lipinski definition) is 2. The first-order valence-electron chi connectivity index (χ1n) is 3.76. The Morgan fingerprint density at radius 3 is 2.77 bits per heavy atom. The highest BCUT2D eigenvalue weighted by Gasteiger charge is 2.08. The number of aliphatic hydroxyl groups excluding tert-OH is 1. The SMILES string of the molecule is COCC(O)c1cc(F)cc(Br)c1. The van der Waals surface area contributed by atoms with Crippen molar-refractivity contribution in [3.05, 3.63) is 34.1 Å². The fourth-order valence-corrected chi connectivity index (χ4v) is 1.50. The van der Waals surface area contributed by atoms with Crippen molar-refractivity contribution in [3.8, 4) is 0 Å². The molecule has 1 unspecified atom stereocenters. The van der Waals surface area contributed by atoms with Crippen molar-refractivity contribution in [3.63, 3.8) is 0 Å². The fourth-order valence-electron chi connectivity index (χ4n) is 1.02. The molecule has 0 spiro atoms. The minimum Gasteiger partial charge on any atom is -0.386 e. The molecule has 1 rings (SSSR count). The largest absolute Gasteiger partial charge is 0.386 e. The van der Waals surface area contributed by atoms with Gasteiger partial charge in [0, 0.05) is 11.6 Å². The van der Waals surface area contributed by atoms with Crippen LogP contribution in [-0.2, 0) is 4.74 Å². The van der Waals surface area contributed by atoms with Crippen molar-refractivity contribution in [2.75, 3.05) is 13.7 Å². The van der Waals surface area contributed by atoms with Gasteiger partial charge in [-0.1, -0.05) is 15.9 Å². The number of aliphatic hydroxyl groups is 1. The summed E-state index contributed by atoms with van der Waals surface area (Å²) in [5.74, 6) is -0.375. The first kappa shape index (κ1) is 10.6. The van der Waals surface area contributed by atoms with E-state index in [9.17, 15) is 9.50 Å². The Morgan fingerprint density at radius 1 is 1.54 bits per heavy atom. The van der Waals surface area contributed by atoms with Gasteiger partial charge in [0.25, 0.3) is 0 Å². The van der Waals surface area contributed by atoms with Crippen LogP contribution >= 0.6 is 15.9 Å². The second-order valence-corrected chi connectivity index (χ2v) is 3.59. The van der Waals surface area contributed by atoms with E-state index in [1.165, 1.54) is 19.2 Å². The van der Waals surface area contributed by atoms with Crippen molar-refractivity contribution in [2.24, 2.45) is 0 Å². The van der Waals surface area contributed by atoms with Gasteiger partial charge in [-0.15, -0.1) is 0 Å². The van der Waals surface area contributed by atoms with Crippen LogP contribution in [0.4, 0.5) is 4.39 Å². The van der Waals surface area contributed by atoms with E-state index in [4.69, 9.17) is 4.74 Å². The zero-order valence-corrected chi connectivity index (χ0v) is 8.71. The summed E-state index contributed by atoms with van der Waals surface area (Å²) in [5.41, 5.74) is 0.508. The zero-order valence-electron chi connectivity index (χ0n) is 7.13. The molecule has 0 aliphatic carbocycles. The van der Waals surface area contributed by atoms with Gasteiger partial charge < -0.3 is 9.84 Å². The van der Waals surface area contributed by atoms with Gasteiger partial charge in [0.2, 0.25) is 0 Å². The standard InChI is InChI=1S/C9H10BrFO2/c1-13-5-9(12)6-2-7(10)4-8(11)3-6/h2-4,9,12H,5H2,1H3. The maximum atomic E-state index is 12.8. The number of methoxy groups -OCH3 is 1. The molecule has 0 aromatic heterocycles. The lowest BCUT2D eigenvalue weighted by Gasteiger charge is -2.09. The number of benzene rings is 1. The van der Waals surface area contributed by atoms with Crippen molar-refractivity contribution in [1.29, 1.82) is 0 Å². The van der Waals surface area contributed by atoms with Gasteiger partial charge in [-0.3, -0.25) is 0 Å². The highest BCUT2D eigenvalue weighted by molar-refractivity contribution is 9.10. The predicted octanol–water partition coefficient (Wildman–Crippen LogP) is 2.27. The van der Waals surface area contributed by atoms with Crippen LogP contribution < -0.4 is 0 Å². The normalized spacial score (nSPS) is 12.9. The maximum Gasteiger partial charge on any atom is 0.124 e. The van der Waals surface area contributed by atoms with Gasteiger partial charge in [-0.2, -0.15) is 0 Å². The second kappa shape index (κ2) is 4.69. The topological polar surface area (TPSA) is 29.5 Å². The number of halogens is 2. The summed E-state index contributed by atoms with van der Waals surface area (Å²) >= 11 is 3.14. The van der Waals surface area contributed by atoms with Crippen molar-refractivity contribution in [2.45, 2.75) is 6.10 Å². The van der Waals surface area contributed by atoms with Gasteiger partial charge in [-0.25, -0.2) is 4.39 Å². The molecule has 1 aromatic rings. The van der Waals surface area contributed by atoms with Crippen LogP contribution in [0.3, 0.4) is 0 Å². The molecule has 0 fully saturated rings. The van der Waals surface area contributed by atoms with Crippen LogP contribution in [0.25, 0.3) is 0 Å². The highest BCUT2D eigenvalue weighted by atomic mass is 79.9. The molecule has 4 heteroatoms. The lowest BCUT2D eigenvalue weighted by molar-refractivity contribution is 0.0642. The van der Waals surface area contributed by atoms with Gasteiger partial charge in [0.05, 0.1) is 6.61 Å². The summed E-state index contributed by atoms with van der Waals surface area (Å²) in [6.07, 6.45) is -0.781. The van der Waals surface area contributed by atoms with Gasteiger partial charge in [0.15, 0.2) is 0 Å². The highest BCUT2D eigenvalue weighted by Crippen LogP contribution is 2.20. The van der Waals surface area contributed by atoms with Gasteiger partial charge >= 0.3 is 0 Å². The summed E-state index contributed by atoms with van der Waals surface area (Å²) in [6.45, 7) is 0.163. The van der Waals surface area contributed by atoms with E-state index in [1.807, 2.05) is 0 Å². The molecular formula is C9H10BrFO2. The molecule has 0 aliphatic heterocycles. The van der Waals surface area contributed by atoms with Crippen LogP contribution in [0.1, 0.15) is 11.7 Å². The van der Waals surface area contributed by atoms with E-state index in [0.717, 1.165) is 0 Å². The van der Waals surface area contributed by atoms with Crippen LogP contribution in [0.2, 0.25) is 0 Å². The molecule has 1 aromatic carbocycles. The minimum atomic E-state index is -0.781. The summed E-state index contributed by atoms with van der Waals surface area (Å²) in [6, 6.07) is 4.28. The van der Waals surface area contributed by atoms with E-state index in [1.54, 1.807) is 6.07 Å². The van der Waals surface area contributed by atoms with E-state index in [0.29, 0.717) is 10.0 Å². The van der Waals surface area contributed by atoms with Crippen molar-refractivity contribution < 1.29 is 14.2 Å². The average molecular weight is 249 g/mol. The molecule has 0 amide bonds. The zero-order chi connectivity index (χ0) is 9.84. The Labute approximate surface area is 84.5 Å². The first-order valence-corrected chi connectivity index (χ1v) is 4.56. The fraction of sp³-hybridized carbons (Fsp3) is 0.333. The molecule has 0 bridgehead atoms. The summed E-state index contributed by atoms with van der Waals surface area (Å²) in [7, 11) is 1.48. The molecule has 0 saturated carbocycles. The summed E-state index contributed by atoms with van der Waals surface area (Å²) < 4.78 is 18.2. The smallest absolute Gasteiger partial charge is 0.124 e. The molecule has 0 aliphatic rings. The van der Waals surface area contributed by atoms with Gasteiger partial charge in [0.1, 0.15) is 11.9 Å². The Kier molecular flexibility index (Phi) is 3.84. The Hall–Kier alpha value is -0.450. The molecular weight excluding hydrogens is 239 g/mol. The van der Waals surface area contributed by atoms with Crippen molar-refractivity contribution in [1.82, 2.24) is 0 Å². The van der Waals surface area contributed by atoms with E-state index in [-0.39, 0.29) is 12.4 Å². The molecule has 0 radical (unpaired) electrons. The summed E-state index contributed by atoms with van der Waals surface area (Å²) in [4.78, 5) is 0. The maximum absolute atomic E-state index is 12.8. The molecule has 2 nitrogen and oxygen atoms in total. The number of hydrogen-bond donors (Lipinski definition) is 1. The number of rotatable bonds is 3. The Bertz CT molecular complexity index is 271. The quantitative estimate of drug-likeness (QED) is 0.890. The van der Waals surface area contributed by atoms with Crippen LogP contribution in [0.15, 0.2) is 22.7 Å². The van der Waals surface area contributed by atoms with E-state index in [2.05, 4.69) is 15.9 Å². The van der Waals surface area contributed by atoms with E-state index >= 15 is 0 Å². The molecule has 13 heavy (non-hydrogen) atoms. The molecule has 0 heterocycles. The van der Waals surface area contributed by atoms with E-state index < -0.39 is 6.10 Å². The van der Waals surface area contributed by atoms with Gasteiger partial charge in [-0.05, 0) is 23.8 Å². The molecule has 1 atom stereocenters. The lowest BCUT2D eigenvalue weighted by atomic mass is 10.1. The summed E-state index contributed by atoms with van der Waals surface area (Å²) in [5, 5.41) is 9.46. The van der Waals surface area contributed by atoms with Crippen LogP contribution in [-0.4, -0.2) is 18.8 Å². The van der Waals surface area contributed by atoms with Crippen LogP contribution in [0.5, 0.6) is 0 Å². The number of ether oxygens (including phenoxy) is 1. The minimum absolute atomic E-state index is 0.163. The third-order valence-electron chi connectivity index (χ3n) is 1.59. The lowest BCUT2D eigenvalue weighted by Crippen LogP contribution is -2.05. The Morgan fingerprint density at radius 2 is 2.23 bits per heavy atom. The first-order chi connectivity index (χ1) is 6.13. The van der Waals surface area contributed by atoms with Crippen molar-refractivity contribution >= 4 is 15.9 Å². The predicted molar refractivity (Wildman–Crippen MR) is 50.9 cm³/mol. The molecule has 72 valence electrons. The van der Waals surface area contributed by atoms with Crippen LogP contribution in [0, 0.1) is 5.82 Å². The monoisotopic (exact) mass is 248 g/mol. The molecule has 0 saturated heterocycles.